The molecule has 2 amide bonds. The van der Waals surface area contributed by atoms with Gasteiger partial charge in [0.25, 0.3) is 11.8 Å². The fourth-order valence-corrected chi connectivity index (χ4v) is 5.16. The van der Waals surface area contributed by atoms with Crippen molar-refractivity contribution in [3.63, 3.8) is 0 Å². The van der Waals surface area contributed by atoms with Gasteiger partial charge in [0.2, 0.25) is 10.0 Å². The highest BCUT2D eigenvalue weighted by atomic mass is 32.2. The minimum absolute atomic E-state index is 0.0161. The molecule has 166 valence electrons. The number of carbonyl (C=O) groups excluding carboxylic acids is 2. The lowest BCUT2D eigenvalue weighted by molar-refractivity contribution is 0.0940. The van der Waals surface area contributed by atoms with Gasteiger partial charge >= 0.3 is 0 Å². The topological polar surface area (TPSA) is 95.6 Å². The number of hydrogen-bond donors (Lipinski definition) is 2. The van der Waals surface area contributed by atoms with Crippen LogP contribution in [0.1, 0.15) is 59.4 Å². The number of aryl methyl sites for hydroxylation is 1. The van der Waals surface area contributed by atoms with Gasteiger partial charge in [-0.15, -0.1) is 0 Å². The van der Waals surface area contributed by atoms with E-state index in [0.29, 0.717) is 35.5 Å². The van der Waals surface area contributed by atoms with Crippen LogP contribution in [0.3, 0.4) is 0 Å². The van der Waals surface area contributed by atoms with Gasteiger partial charge in [-0.05, 0) is 62.9 Å². The smallest absolute Gasteiger partial charge is 0.255 e. The molecule has 1 aliphatic rings. The molecule has 2 N–H and O–H groups in total. The molecule has 1 fully saturated rings. The number of benzene rings is 2. The van der Waals surface area contributed by atoms with E-state index in [0.717, 1.165) is 18.4 Å². The molecular weight excluding hydrogens is 414 g/mol. The molecule has 8 heteroatoms. The van der Waals surface area contributed by atoms with Crippen LogP contribution in [0.25, 0.3) is 0 Å². The molecule has 1 aliphatic heterocycles. The molecule has 0 bridgehead atoms. The van der Waals surface area contributed by atoms with Crippen molar-refractivity contribution in [1.29, 1.82) is 0 Å². The number of anilines is 2. The van der Waals surface area contributed by atoms with Gasteiger partial charge in [0.05, 0.1) is 22.7 Å². The van der Waals surface area contributed by atoms with Crippen LogP contribution >= 0.6 is 0 Å². The minimum atomic E-state index is -3.38. The van der Waals surface area contributed by atoms with Crippen molar-refractivity contribution in [1.82, 2.24) is 5.32 Å². The van der Waals surface area contributed by atoms with Crippen molar-refractivity contribution >= 4 is 33.2 Å². The van der Waals surface area contributed by atoms with Gasteiger partial charge in [-0.1, -0.05) is 25.1 Å². The first kappa shape index (κ1) is 22.8. The third-order valence-corrected chi connectivity index (χ3v) is 7.35. The zero-order valence-corrected chi connectivity index (χ0v) is 19.0. The lowest BCUT2D eigenvalue weighted by atomic mass is 10.1. The molecular formula is C23H29N3O4S. The number of sulfonamides is 1. The normalized spacial score (nSPS) is 16.4. The lowest BCUT2D eigenvalue weighted by Gasteiger charge is -2.29. The van der Waals surface area contributed by atoms with Gasteiger partial charge in [-0.25, -0.2) is 8.42 Å². The minimum Gasteiger partial charge on any atom is -0.350 e. The van der Waals surface area contributed by atoms with Crippen molar-refractivity contribution in [2.45, 2.75) is 46.1 Å². The molecule has 31 heavy (non-hydrogen) atoms. The Morgan fingerprint density at radius 3 is 2.55 bits per heavy atom. The molecule has 0 aromatic heterocycles. The molecule has 7 nitrogen and oxygen atoms in total. The maximum Gasteiger partial charge on any atom is 0.255 e. The molecule has 1 saturated heterocycles. The van der Waals surface area contributed by atoms with Crippen molar-refractivity contribution in [2.75, 3.05) is 21.9 Å². The van der Waals surface area contributed by atoms with Crippen molar-refractivity contribution in [3.8, 4) is 0 Å². The van der Waals surface area contributed by atoms with Gasteiger partial charge in [0, 0.05) is 18.2 Å². The van der Waals surface area contributed by atoms with E-state index in [1.54, 1.807) is 42.5 Å². The molecule has 0 saturated carbocycles. The van der Waals surface area contributed by atoms with Crippen molar-refractivity contribution < 1.29 is 18.0 Å². The average molecular weight is 444 g/mol. The summed E-state index contributed by atoms with van der Waals surface area (Å²) in [6.45, 7) is 6.14. The van der Waals surface area contributed by atoms with Gasteiger partial charge in [0.1, 0.15) is 0 Å². The summed E-state index contributed by atoms with van der Waals surface area (Å²) >= 11 is 0. The Morgan fingerprint density at radius 2 is 1.84 bits per heavy atom. The summed E-state index contributed by atoms with van der Waals surface area (Å²) in [5.41, 5.74) is 2.42. The first-order chi connectivity index (χ1) is 14.7. The number of nitrogens with zero attached hydrogens (tertiary/aromatic N) is 1. The average Bonchev–Trinajstić information content (AvgIpc) is 2.74. The Bertz CT molecular complexity index is 1080. The van der Waals surface area contributed by atoms with Crippen LogP contribution in [0.2, 0.25) is 0 Å². The molecule has 1 atom stereocenters. The third-order valence-electron chi connectivity index (χ3n) is 5.50. The van der Waals surface area contributed by atoms with Gasteiger partial charge in [0.15, 0.2) is 0 Å². The van der Waals surface area contributed by atoms with Crippen LogP contribution in [-0.4, -0.2) is 38.6 Å². The monoisotopic (exact) mass is 443 g/mol. The highest BCUT2D eigenvalue weighted by Gasteiger charge is 2.27. The second-order valence-electron chi connectivity index (χ2n) is 7.88. The van der Waals surface area contributed by atoms with E-state index < -0.39 is 15.9 Å². The van der Waals surface area contributed by atoms with Crippen LogP contribution in [-0.2, 0) is 10.0 Å². The Balaban J connectivity index is 1.86. The zero-order chi connectivity index (χ0) is 22.6. The van der Waals surface area contributed by atoms with Gasteiger partial charge in [-0.3, -0.25) is 13.9 Å². The van der Waals surface area contributed by atoms with Crippen LogP contribution in [0.15, 0.2) is 42.5 Å². The Kier molecular flexibility index (Phi) is 7.00. The first-order valence-corrected chi connectivity index (χ1v) is 12.2. The Labute approximate surface area is 183 Å². The maximum atomic E-state index is 13.0. The second kappa shape index (κ2) is 9.51. The molecule has 2 aromatic rings. The van der Waals surface area contributed by atoms with E-state index in [-0.39, 0.29) is 17.7 Å². The largest absolute Gasteiger partial charge is 0.350 e. The molecule has 1 heterocycles. The summed E-state index contributed by atoms with van der Waals surface area (Å²) in [5.74, 6) is -0.546. The molecule has 0 unspecified atom stereocenters. The third kappa shape index (κ3) is 5.25. The standard InChI is InChI=1S/C23H29N3O4S/c1-4-17(3)24-23(28)19-9-5-6-10-20(19)25-22(27)18-12-11-16(2)21(15-18)26-13-7-8-14-31(26,29)30/h5-6,9-12,15,17H,4,7-8,13-14H2,1-3H3,(H,24,28)(H,25,27)/t17-/m0/s1. The van der Waals surface area contributed by atoms with Crippen molar-refractivity contribution in [2.24, 2.45) is 0 Å². The summed E-state index contributed by atoms with van der Waals surface area (Å²) in [7, 11) is -3.38. The van der Waals surface area contributed by atoms with Crippen LogP contribution in [0.4, 0.5) is 11.4 Å². The first-order valence-electron chi connectivity index (χ1n) is 10.5. The SMILES string of the molecule is CC[C@H](C)NC(=O)c1ccccc1NC(=O)c1ccc(C)c(N2CCCCS2(=O)=O)c1. The number of para-hydroxylation sites is 1. The fraction of sp³-hybridized carbons (Fsp3) is 0.391. The Hall–Kier alpha value is -2.87. The number of amides is 2. The molecule has 0 radical (unpaired) electrons. The van der Waals surface area contributed by atoms with Gasteiger partial charge < -0.3 is 10.6 Å². The maximum absolute atomic E-state index is 13.0. The van der Waals surface area contributed by atoms with Crippen LogP contribution in [0.5, 0.6) is 0 Å². The van der Waals surface area contributed by atoms with E-state index in [1.807, 2.05) is 20.8 Å². The highest BCUT2D eigenvalue weighted by Crippen LogP contribution is 2.28. The molecule has 3 rings (SSSR count). The van der Waals surface area contributed by atoms with Crippen LogP contribution < -0.4 is 14.9 Å². The molecule has 0 aliphatic carbocycles. The fourth-order valence-electron chi connectivity index (χ4n) is 3.47. The zero-order valence-electron chi connectivity index (χ0n) is 18.1. The van der Waals surface area contributed by atoms with E-state index in [4.69, 9.17) is 0 Å². The number of nitrogens with one attached hydrogen (secondary N) is 2. The van der Waals surface area contributed by atoms with Gasteiger partial charge in [-0.2, -0.15) is 0 Å². The van der Waals surface area contributed by atoms with E-state index >= 15 is 0 Å². The number of hydrogen-bond acceptors (Lipinski definition) is 4. The predicted molar refractivity (Wildman–Crippen MR) is 123 cm³/mol. The quantitative estimate of drug-likeness (QED) is 0.711. The molecule has 2 aromatic carbocycles. The summed E-state index contributed by atoms with van der Waals surface area (Å²) < 4.78 is 26.4. The number of rotatable bonds is 6. The predicted octanol–water partition coefficient (Wildman–Crippen LogP) is 3.71. The lowest BCUT2D eigenvalue weighted by Crippen LogP contribution is -2.38. The van der Waals surface area contributed by atoms with Crippen molar-refractivity contribution in [3.05, 3.63) is 59.2 Å². The van der Waals surface area contributed by atoms with E-state index in [1.165, 1.54) is 4.31 Å². The highest BCUT2D eigenvalue weighted by molar-refractivity contribution is 7.92. The second-order valence-corrected chi connectivity index (χ2v) is 9.89. The van der Waals surface area contributed by atoms with E-state index in [2.05, 4.69) is 10.6 Å². The summed E-state index contributed by atoms with van der Waals surface area (Å²) in [4.78, 5) is 25.6. The van der Waals surface area contributed by atoms with E-state index in [9.17, 15) is 18.0 Å². The number of carbonyl (C=O) groups is 2. The van der Waals surface area contributed by atoms with Crippen LogP contribution in [0, 0.1) is 6.92 Å². The summed E-state index contributed by atoms with van der Waals surface area (Å²) in [6.07, 6.45) is 2.23. The summed E-state index contributed by atoms with van der Waals surface area (Å²) in [6, 6.07) is 11.9. The summed E-state index contributed by atoms with van der Waals surface area (Å²) in [5, 5.41) is 5.71. The molecule has 0 spiro atoms. The Morgan fingerprint density at radius 1 is 1.10 bits per heavy atom.